The molecular formula is C52H57N5S. The number of nitrogens with one attached hydrogen (secondary N) is 2. The Hall–Kier alpha value is -5.72. The Bertz CT molecular complexity index is 2430. The van der Waals surface area contributed by atoms with Gasteiger partial charge in [-0.1, -0.05) is 138 Å². The molecule has 2 N–H and O–H groups in total. The Morgan fingerprint density at radius 3 is 2.41 bits per heavy atom. The third kappa shape index (κ3) is 9.03. The number of allylic oxidation sites excluding steroid dienone is 1. The van der Waals surface area contributed by atoms with Crippen molar-refractivity contribution in [2.24, 2.45) is 5.41 Å². The van der Waals surface area contributed by atoms with E-state index >= 15 is 0 Å². The normalized spacial score (nSPS) is 13.7. The summed E-state index contributed by atoms with van der Waals surface area (Å²) in [6.45, 7) is 29.8. The van der Waals surface area contributed by atoms with Crippen LogP contribution in [0.2, 0.25) is 0 Å². The van der Waals surface area contributed by atoms with E-state index in [-0.39, 0.29) is 11.5 Å². The molecule has 6 aromatic rings. The molecule has 3 heterocycles. The third-order valence-electron chi connectivity index (χ3n) is 11.7. The number of hydrogen-bond donors (Lipinski definition) is 2. The number of hydrogen-bond acceptors (Lipinski definition) is 6. The van der Waals surface area contributed by atoms with Crippen LogP contribution in [0.25, 0.3) is 33.1 Å². The van der Waals surface area contributed by atoms with E-state index in [1.54, 1.807) is 11.3 Å². The van der Waals surface area contributed by atoms with Crippen LogP contribution in [0.1, 0.15) is 91.1 Å². The van der Waals surface area contributed by atoms with Gasteiger partial charge in [0.2, 0.25) is 0 Å². The van der Waals surface area contributed by atoms with E-state index in [0.717, 1.165) is 88.2 Å². The van der Waals surface area contributed by atoms with Crippen molar-refractivity contribution < 1.29 is 0 Å². The lowest BCUT2D eigenvalue weighted by Crippen LogP contribution is -2.37. The van der Waals surface area contributed by atoms with Crippen LogP contribution in [0.3, 0.4) is 0 Å². The summed E-state index contributed by atoms with van der Waals surface area (Å²) >= 11 is 1.65. The highest BCUT2D eigenvalue weighted by molar-refractivity contribution is 7.22. The number of benzene rings is 4. The van der Waals surface area contributed by atoms with E-state index in [4.69, 9.17) is 9.97 Å². The lowest BCUT2D eigenvalue weighted by atomic mass is 9.86. The third-order valence-corrected chi connectivity index (χ3v) is 12.6. The maximum Gasteiger partial charge on any atom is 0.188 e. The van der Waals surface area contributed by atoms with Gasteiger partial charge in [0.25, 0.3) is 0 Å². The molecule has 2 atom stereocenters. The molecule has 1 aliphatic heterocycles. The molecule has 6 heteroatoms. The van der Waals surface area contributed by atoms with Gasteiger partial charge in [-0.05, 0) is 113 Å². The van der Waals surface area contributed by atoms with Crippen molar-refractivity contribution in [1.29, 1.82) is 0 Å². The topological polar surface area (TPSA) is 53.1 Å². The maximum atomic E-state index is 5.21. The minimum atomic E-state index is 0.0983. The van der Waals surface area contributed by atoms with Gasteiger partial charge in [0, 0.05) is 41.7 Å². The first-order chi connectivity index (χ1) is 27.9. The van der Waals surface area contributed by atoms with Crippen LogP contribution in [0.4, 0.5) is 10.9 Å². The van der Waals surface area contributed by atoms with Crippen LogP contribution in [-0.4, -0.2) is 22.6 Å². The maximum absolute atomic E-state index is 5.21. The van der Waals surface area contributed by atoms with Crippen molar-refractivity contribution in [3.63, 3.8) is 0 Å². The first-order valence-electron chi connectivity index (χ1n) is 20.5. The molecule has 0 aliphatic carbocycles. The first-order valence-corrected chi connectivity index (χ1v) is 21.3. The minimum absolute atomic E-state index is 0.0983. The van der Waals surface area contributed by atoms with Crippen molar-refractivity contribution >= 4 is 44.3 Å². The molecule has 0 radical (unpaired) electrons. The lowest BCUT2D eigenvalue weighted by Gasteiger charge is -2.32. The summed E-state index contributed by atoms with van der Waals surface area (Å²) in [6.07, 6.45) is 7.67. The first kappa shape index (κ1) is 40.5. The van der Waals surface area contributed by atoms with Gasteiger partial charge >= 0.3 is 0 Å². The Balaban J connectivity index is 1.02. The Morgan fingerprint density at radius 1 is 0.897 bits per heavy atom. The van der Waals surface area contributed by atoms with Gasteiger partial charge in [-0.15, -0.1) is 6.58 Å². The van der Waals surface area contributed by atoms with Gasteiger partial charge < -0.3 is 15.5 Å². The van der Waals surface area contributed by atoms with Crippen LogP contribution >= 0.6 is 11.3 Å². The molecule has 0 bridgehead atoms. The second kappa shape index (κ2) is 17.4. The SMILES string of the molecule is C=Cc1nc(N2CCc3cccc(C(=C)Nc4nc5ccccc5s4)c3C2)ccc1-c1cccc(Cc2ccc(C(C)CCC(=C)NC(C=C)C(C)(C)C)cc2)c1C. The second-order valence-corrected chi connectivity index (χ2v) is 17.8. The molecule has 7 rings (SSSR count). The molecule has 0 fully saturated rings. The van der Waals surface area contributed by atoms with Gasteiger partial charge in [0.05, 0.1) is 15.9 Å². The van der Waals surface area contributed by atoms with Crippen LogP contribution in [-0.2, 0) is 19.4 Å². The summed E-state index contributed by atoms with van der Waals surface area (Å²) in [5.74, 6) is 1.40. The molecule has 296 valence electrons. The summed E-state index contributed by atoms with van der Waals surface area (Å²) in [5.41, 5.74) is 15.2. The standard InChI is InChI=1S/C52H57N5S/c1-10-46-44(42-18-15-17-41(36(42)5)32-38-24-26-39(27-25-38)34(3)22-23-35(4)53-49(11-2)52(7,8)9)28-29-50(55-46)57-31-30-40-16-14-19-43(45(40)33-57)37(6)54-51-56-47-20-12-13-21-48(47)58-51/h10-21,24-29,34,49,53H,1-2,4,6,22-23,30-33H2,3,5,7-9H3,(H,54,56). The number of para-hydroxylation sites is 1. The van der Waals surface area contributed by atoms with Gasteiger partial charge in [-0.3, -0.25) is 0 Å². The molecule has 2 unspecified atom stereocenters. The van der Waals surface area contributed by atoms with E-state index in [9.17, 15) is 0 Å². The number of thiazole rings is 1. The van der Waals surface area contributed by atoms with Gasteiger partial charge in [-0.25, -0.2) is 9.97 Å². The Kier molecular flexibility index (Phi) is 12.2. The highest BCUT2D eigenvalue weighted by atomic mass is 32.1. The fourth-order valence-corrected chi connectivity index (χ4v) is 8.93. The molecule has 0 saturated carbocycles. The molecule has 2 aromatic heterocycles. The molecule has 0 amide bonds. The average molecular weight is 784 g/mol. The number of fused-ring (bicyclic) bond motifs is 2. The smallest absolute Gasteiger partial charge is 0.188 e. The lowest BCUT2D eigenvalue weighted by molar-refractivity contribution is 0.327. The summed E-state index contributed by atoms with van der Waals surface area (Å²) in [4.78, 5) is 12.4. The highest BCUT2D eigenvalue weighted by Crippen LogP contribution is 2.35. The average Bonchev–Trinajstić information content (AvgIpc) is 3.64. The highest BCUT2D eigenvalue weighted by Gasteiger charge is 2.24. The zero-order valence-electron chi connectivity index (χ0n) is 34.9. The minimum Gasteiger partial charge on any atom is -0.382 e. The molecule has 58 heavy (non-hydrogen) atoms. The predicted octanol–water partition coefficient (Wildman–Crippen LogP) is 13.1. The van der Waals surface area contributed by atoms with Gasteiger partial charge in [-0.2, -0.15) is 0 Å². The monoisotopic (exact) mass is 783 g/mol. The summed E-state index contributed by atoms with van der Waals surface area (Å²) in [6, 6.07) is 35.2. The van der Waals surface area contributed by atoms with E-state index in [1.807, 2.05) is 30.4 Å². The van der Waals surface area contributed by atoms with Crippen molar-refractivity contribution in [1.82, 2.24) is 15.3 Å². The summed E-state index contributed by atoms with van der Waals surface area (Å²) in [7, 11) is 0. The summed E-state index contributed by atoms with van der Waals surface area (Å²) < 4.78 is 1.16. The quantitative estimate of drug-likeness (QED) is 0.102. The number of nitrogens with zero attached hydrogens (tertiary/aromatic N) is 3. The van der Waals surface area contributed by atoms with E-state index < -0.39 is 0 Å². The molecule has 5 nitrogen and oxygen atoms in total. The molecule has 0 saturated heterocycles. The molecular weight excluding hydrogens is 727 g/mol. The van der Waals surface area contributed by atoms with E-state index in [2.05, 4.69) is 155 Å². The van der Waals surface area contributed by atoms with Gasteiger partial charge in [0.15, 0.2) is 5.13 Å². The van der Waals surface area contributed by atoms with Crippen molar-refractivity contribution in [2.45, 2.75) is 78.8 Å². The predicted molar refractivity (Wildman–Crippen MR) is 251 cm³/mol. The van der Waals surface area contributed by atoms with Crippen LogP contribution in [0.5, 0.6) is 0 Å². The van der Waals surface area contributed by atoms with Crippen molar-refractivity contribution in [3.05, 3.63) is 180 Å². The van der Waals surface area contributed by atoms with E-state index in [1.165, 1.54) is 38.9 Å². The van der Waals surface area contributed by atoms with Gasteiger partial charge in [0.1, 0.15) is 5.82 Å². The number of rotatable bonds is 15. The number of pyridine rings is 1. The Labute approximate surface area is 350 Å². The fourth-order valence-electron chi connectivity index (χ4n) is 8.03. The Morgan fingerprint density at radius 2 is 1.67 bits per heavy atom. The van der Waals surface area contributed by atoms with Crippen molar-refractivity contribution in [2.75, 3.05) is 16.8 Å². The van der Waals surface area contributed by atoms with Crippen molar-refractivity contribution in [3.8, 4) is 11.1 Å². The van der Waals surface area contributed by atoms with Crippen LogP contribution < -0.4 is 15.5 Å². The van der Waals surface area contributed by atoms with Crippen LogP contribution in [0, 0.1) is 12.3 Å². The molecule has 0 spiro atoms. The zero-order valence-corrected chi connectivity index (χ0v) is 35.7. The summed E-state index contributed by atoms with van der Waals surface area (Å²) in [5, 5.41) is 7.94. The zero-order chi connectivity index (χ0) is 41.0. The molecule has 4 aromatic carbocycles. The number of anilines is 2. The largest absolute Gasteiger partial charge is 0.382 e. The fraction of sp³-hybridized carbons (Fsp3) is 0.269. The number of aromatic nitrogens is 2. The van der Waals surface area contributed by atoms with Crippen LogP contribution in [0.15, 0.2) is 135 Å². The second-order valence-electron chi connectivity index (χ2n) is 16.8. The van der Waals surface area contributed by atoms with E-state index in [0.29, 0.717) is 5.92 Å². The molecule has 1 aliphatic rings.